The van der Waals surface area contributed by atoms with Crippen LogP contribution >= 0.6 is 11.6 Å². The molecule has 10 heteroatoms. The Labute approximate surface area is 203 Å². The number of anilines is 2. The second kappa shape index (κ2) is 10.2. The van der Waals surface area contributed by atoms with Crippen LogP contribution in [0.25, 0.3) is 6.08 Å². The van der Waals surface area contributed by atoms with E-state index in [0.29, 0.717) is 11.3 Å². The van der Waals surface area contributed by atoms with Gasteiger partial charge in [0, 0.05) is 0 Å². The van der Waals surface area contributed by atoms with Crippen LogP contribution in [0, 0.1) is 5.82 Å². The van der Waals surface area contributed by atoms with E-state index in [-0.39, 0.29) is 22.0 Å². The third kappa shape index (κ3) is 5.36. The zero-order chi connectivity index (χ0) is 24.9. The van der Waals surface area contributed by atoms with E-state index >= 15 is 0 Å². The molecule has 3 aromatic carbocycles. The van der Waals surface area contributed by atoms with E-state index in [4.69, 9.17) is 16.3 Å². The minimum Gasteiger partial charge on any atom is -0.482 e. The molecule has 1 heterocycles. The van der Waals surface area contributed by atoms with Crippen molar-refractivity contribution in [3.63, 3.8) is 0 Å². The number of hydrogen-bond acceptors (Lipinski definition) is 5. The fraction of sp³-hybridized carbons (Fsp3) is 0.0400. The van der Waals surface area contributed by atoms with Crippen molar-refractivity contribution in [2.75, 3.05) is 16.8 Å². The predicted octanol–water partition coefficient (Wildman–Crippen LogP) is 4.16. The van der Waals surface area contributed by atoms with Gasteiger partial charge in [0.1, 0.15) is 17.1 Å². The smallest absolute Gasteiger partial charge is 0.335 e. The van der Waals surface area contributed by atoms with Crippen LogP contribution < -0.4 is 20.3 Å². The monoisotopic (exact) mass is 493 g/mol. The first-order chi connectivity index (χ1) is 16.8. The maximum Gasteiger partial charge on any atom is 0.335 e. The van der Waals surface area contributed by atoms with Gasteiger partial charge in [-0.15, -0.1) is 0 Å². The Balaban J connectivity index is 1.47. The summed E-state index contributed by atoms with van der Waals surface area (Å²) in [6.45, 7) is -0.427. The Kier molecular flexibility index (Phi) is 6.88. The maximum atomic E-state index is 13.7. The fourth-order valence-electron chi connectivity index (χ4n) is 3.25. The zero-order valence-electron chi connectivity index (χ0n) is 18.0. The second-order valence-electron chi connectivity index (χ2n) is 7.30. The topological polar surface area (TPSA) is 105 Å². The highest BCUT2D eigenvalue weighted by atomic mass is 35.5. The standard InChI is InChI=1S/C25H17ClFN3O5/c26-18-13-15(10-11-21(18)35-14-22(31)28-20-9-5-4-8-19(20)27)12-17-23(32)29-25(34)30(24(17)33)16-6-2-1-3-7-16/h1-13H,14H2,(H,28,31)(H,29,32,34)/b17-12-. The van der Waals surface area contributed by atoms with Crippen LogP contribution in [-0.2, 0) is 14.4 Å². The summed E-state index contributed by atoms with van der Waals surface area (Å²) in [6.07, 6.45) is 1.29. The number of nitrogens with zero attached hydrogens (tertiary/aromatic N) is 1. The minimum absolute atomic E-state index is 0.0209. The van der Waals surface area contributed by atoms with E-state index in [9.17, 15) is 23.6 Å². The largest absolute Gasteiger partial charge is 0.482 e. The van der Waals surface area contributed by atoms with E-state index in [1.807, 2.05) is 0 Å². The molecule has 0 radical (unpaired) electrons. The van der Waals surface area contributed by atoms with Crippen molar-refractivity contribution in [1.82, 2.24) is 5.32 Å². The van der Waals surface area contributed by atoms with Crippen molar-refractivity contribution in [3.05, 3.63) is 94.8 Å². The summed E-state index contributed by atoms with van der Waals surface area (Å²) in [5.74, 6) is -2.63. The lowest BCUT2D eigenvalue weighted by molar-refractivity contribution is -0.122. The summed E-state index contributed by atoms with van der Waals surface area (Å²) in [5, 5.41) is 4.64. The normalized spacial score (nSPS) is 14.6. The first-order valence-electron chi connectivity index (χ1n) is 10.3. The Bertz CT molecular complexity index is 1360. The molecule has 0 unspecified atom stereocenters. The van der Waals surface area contributed by atoms with Crippen LogP contribution in [0.4, 0.5) is 20.6 Å². The molecule has 5 amide bonds. The van der Waals surface area contributed by atoms with Gasteiger partial charge in [0.25, 0.3) is 17.7 Å². The van der Waals surface area contributed by atoms with Crippen molar-refractivity contribution >= 4 is 52.8 Å². The van der Waals surface area contributed by atoms with Gasteiger partial charge in [0.15, 0.2) is 6.61 Å². The third-order valence-electron chi connectivity index (χ3n) is 4.89. The van der Waals surface area contributed by atoms with E-state index in [1.165, 1.54) is 42.5 Å². The lowest BCUT2D eigenvalue weighted by atomic mass is 10.1. The van der Waals surface area contributed by atoms with Gasteiger partial charge in [0.05, 0.1) is 16.4 Å². The number of benzene rings is 3. The number of ether oxygens (including phenoxy) is 1. The van der Waals surface area contributed by atoms with E-state index < -0.39 is 36.2 Å². The summed E-state index contributed by atoms with van der Waals surface area (Å²) in [7, 11) is 0. The molecule has 176 valence electrons. The molecule has 4 rings (SSSR count). The van der Waals surface area contributed by atoms with Crippen molar-refractivity contribution in [3.8, 4) is 5.75 Å². The van der Waals surface area contributed by atoms with Crippen LogP contribution in [0.5, 0.6) is 5.75 Å². The van der Waals surface area contributed by atoms with Gasteiger partial charge in [-0.3, -0.25) is 19.7 Å². The molecule has 8 nitrogen and oxygen atoms in total. The summed E-state index contributed by atoms with van der Waals surface area (Å²) in [5.41, 5.74) is 0.456. The average molecular weight is 494 g/mol. The average Bonchev–Trinajstić information content (AvgIpc) is 2.83. The van der Waals surface area contributed by atoms with Crippen LogP contribution in [0.15, 0.2) is 78.4 Å². The molecule has 0 atom stereocenters. The van der Waals surface area contributed by atoms with Crippen molar-refractivity contribution < 1.29 is 28.3 Å². The number of imide groups is 2. The second-order valence-corrected chi connectivity index (χ2v) is 7.71. The highest BCUT2D eigenvalue weighted by Gasteiger charge is 2.36. The van der Waals surface area contributed by atoms with Gasteiger partial charge >= 0.3 is 6.03 Å². The first-order valence-corrected chi connectivity index (χ1v) is 10.6. The highest BCUT2D eigenvalue weighted by molar-refractivity contribution is 6.39. The highest BCUT2D eigenvalue weighted by Crippen LogP contribution is 2.28. The van der Waals surface area contributed by atoms with Crippen molar-refractivity contribution in [1.29, 1.82) is 0 Å². The number of hydrogen-bond donors (Lipinski definition) is 2. The van der Waals surface area contributed by atoms with E-state index in [1.54, 1.807) is 36.4 Å². The lowest BCUT2D eigenvalue weighted by Gasteiger charge is -2.26. The molecule has 1 saturated heterocycles. The molecule has 35 heavy (non-hydrogen) atoms. The molecular formula is C25H17ClFN3O5. The molecule has 1 fully saturated rings. The molecule has 2 N–H and O–H groups in total. The molecule has 3 aromatic rings. The number of para-hydroxylation sites is 2. The minimum atomic E-state index is -0.848. The van der Waals surface area contributed by atoms with Crippen LogP contribution in [0.2, 0.25) is 5.02 Å². The van der Waals surface area contributed by atoms with Crippen LogP contribution in [-0.4, -0.2) is 30.4 Å². The molecular weight excluding hydrogens is 477 g/mol. The van der Waals surface area contributed by atoms with Crippen LogP contribution in [0.3, 0.4) is 0 Å². The number of halogens is 2. The SMILES string of the molecule is O=C(COc1ccc(/C=C2/C(=O)NC(=O)N(c3ccccc3)C2=O)cc1Cl)Nc1ccccc1F. The van der Waals surface area contributed by atoms with E-state index in [2.05, 4.69) is 10.6 Å². The number of amides is 5. The maximum absolute atomic E-state index is 13.7. The fourth-order valence-corrected chi connectivity index (χ4v) is 3.50. The number of barbiturate groups is 1. The molecule has 1 aliphatic heterocycles. The van der Waals surface area contributed by atoms with Gasteiger partial charge in [0.2, 0.25) is 0 Å². The molecule has 1 aliphatic rings. The summed E-state index contributed by atoms with van der Waals surface area (Å²) < 4.78 is 19.1. The zero-order valence-corrected chi connectivity index (χ0v) is 18.7. The van der Waals surface area contributed by atoms with Crippen LogP contribution in [0.1, 0.15) is 5.56 Å². The summed E-state index contributed by atoms with van der Waals surface area (Å²) >= 11 is 6.24. The number of rotatable bonds is 6. The van der Waals surface area contributed by atoms with E-state index in [0.717, 1.165) is 4.90 Å². The first kappa shape index (κ1) is 23.7. The Morgan fingerprint density at radius 3 is 2.46 bits per heavy atom. The Morgan fingerprint density at radius 2 is 1.74 bits per heavy atom. The van der Waals surface area contributed by atoms with Crippen molar-refractivity contribution in [2.45, 2.75) is 0 Å². The Morgan fingerprint density at radius 1 is 1.03 bits per heavy atom. The number of nitrogens with one attached hydrogen (secondary N) is 2. The molecule has 0 aliphatic carbocycles. The number of urea groups is 1. The predicted molar refractivity (Wildman–Crippen MR) is 127 cm³/mol. The number of carbonyl (C=O) groups excluding carboxylic acids is 4. The quantitative estimate of drug-likeness (QED) is 0.396. The Hall–Kier alpha value is -4.50. The molecule has 0 saturated carbocycles. The summed E-state index contributed by atoms with van der Waals surface area (Å²) in [6, 6.07) is 17.4. The summed E-state index contributed by atoms with van der Waals surface area (Å²) in [4.78, 5) is 50.4. The van der Waals surface area contributed by atoms with Gasteiger partial charge in [-0.05, 0) is 48.0 Å². The lowest BCUT2D eigenvalue weighted by Crippen LogP contribution is -2.54. The van der Waals surface area contributed by atoms with Gasteiger partial charge in [-0.1, -0.05) is 48.0 Å². The molecule has 0 bridgehead atoms. The van der Waals surface area contributed by atoms with Crippen molar-refractivity contribution in [2.24, 2.45) is 0 Å². The van der Waals surface area contributed by atoms with Gasteiger partial charge < -0.3 is 10.1 Å². The van der Waals surface area contributed by atoms with Gasteiger partial charge in [-0.25, -0.2) is 14.1 Å². The molecule has 0 spiro atoms. The molecule has 0 aromatic heterocycles. The number of carbonyl (C=O) groups is 4. The van der Waals surface area contributed by atoms with Gasteiger partial charge in [-0.2, -0.15) is 0 Å². The third-order valence-corrected chi connectivity index (χ3v) is 5.19.